The lowest BCUT2D eigenvalue weighted by Gasteiger charge is -2.55. The number of hydrogen-bond donors (Lipinski definition) is 1. The topological polar surface area (TPSA) is 112 Å². The third-order valence-corrected chi connectivity index (χ3v) is 6.51. The largest absolute Gasteiger partial charge is 0.435 e. The Morgan fingerprint density at radius 2 is 2.06 bits per heavy atom. The van der Waals surface area contributed by atoms with Gasteiger partial charge in [-0.2, -0.15) is 4.98 Å². The summed E-state index contributed by atoms with van der Waals surface area (Å²) < 4.78 is 13.4. The first-order valence-electron chi connectivity index (χ1n) is 11.4. The number of ether oxygens (including phenoxy) is 2. The molecule has 0 saturated carbocycles. The molecule has 180 valence electrons. The van der Waals surface area contributed by atoms with Gasteiger partial charge >= 0.3 is 0 Å². The van der Waals surface area contributed by atoms with E-state index in [2.05, 4.69) is 30.1 Å². The average molecular weight is 483 g/mol. The number of pyridine rings is 3. The number of anilines is 2. The van der Waals surface area contributed by atoms with Crippen LogP contribution in [-0.4, -0.2) is 60.6 Å². The van der Waals surface area contributed by atoms with E-state index in [1.807, 2.05) is 14.0 Å². The number of carbonyl (C=O) groups excluding carboxylic acids is 1. The summed E-state index contributed by atoms with van der Waals surface area (Å²) in [5.41, 5.74) is 3.12. The number of imidazole rings is 1. The Morgan fingerprint density at radius 3 is 2.72 bits per heavy atom. The van der Waals surface area contributed by atoms with Crippen molar-refractivity contribution in [2.45, 2.75) is 18.9 Å². The number of carbonyl (C=O) groups is 1. The van der Waals surface area contributed by atoms with E-state index < -0.39 is 0 Å². The van der Waals surface area contributed by atoms with Crippen molar-refractivity contribution in [1.82, 2.24) is 29.4 Å². The second-order valence-electron chi connectivity index (χ2n) is 9.06. The van der Waals surface area contributed by atoms with Gasteiger partial charge in [-0.1, -0.05) is 6.57 Å². The van der Waals surface area contributed by atoms with E-state index in [0.717, 1.165) is 18.6 Å². The second-order valence-corrected chi connectivity index (χ2v) is 9.06. The summed E-state index contributed by atoms with van der Waals surface area (Å²) in [4.78, 5) is 35.4. The molecule has 2 aliphatic rings. The quantitative estimate of drug-likeness (QED) is 0.428. The van der Waals surface area contributed by atoms with Crippen molar-refractivity contribution in [1.29, 1.82) is 0 Å². The van der Waals surface area contributed by atoms with Gasteiger partial charge < -0.3 is 29.1 Å². The smallest absolute Gasteiger partial charge is 0.269 e. The van der Waals surface area contributed by atoms with Gasteiger partial charge in [-0.15, -0.1) is 4.98 Å². The summed E-state index contributed by atoms with van der Waals surface area (Å²) in [5, 5.41) is 3.27. The van der Waals surface area contributed by atoms with E-state index in [4.69, 9.17) is 16.0 Å². The van der Waals surface area contributed by atoms with Crippen molar-refractivity contribution < 1.29 is 14.3 Å². The van der Waals surface area contributed by atoms with E-state index in [-0.39, 0.29) is 11.5 Å². The van der Waals surface area contributed by atoms with Gasteiger partial charge in [-0.25, -0.2) is 9.97 Å². The molecule has 11 nitrogen and oxygen atoms in total. The van der Waals surface area contributed by atoms with Crippen LogP contribution in [0.25, 0.3) is 16.0 Å². The van der Waals surface area contributed by atoms with Crippen molar-refractivity contribution >= 4 is 34.4 Å². The standard InChI is InChI=1S/C25H22N8O3/c1-15-8-20(26-2)28-11-18(15)36-21-9-17(22-23(31-21)32(3)14-29-22)30-19-5-4-16(10-27-19)24(34)33-12-25(13-33)6-7-35-25/h4-5,8-11,14H,6-7,12-13H2,1,3H3,(H,27,30,31). The van der Waals surface area contributed by atoms with Crippen molar-refractivity contribution in [2.24, 2.45) is 7.05 Å². The average Bonchev–Trinajstić information content (AvgIpc) is 3.20. The maximum atomic E-state index is 12.7. The second kappa shape index (κ2) is 8.28. The van der Waals surface area contributed by atoms with Gasteiger partial charge in [0, 0.05) is 25.7 Å². The van der Waals surface area contributed by atoms with Crippen LogP contribution in [0.2, 0.25) is 0 Å². The molecule has 0 aromatic carbocycles. The van der Waals surface area contributed by atoms with Crippen LogP contribution in [-0.2, 0) is 11.8 Å². The molecule has 2 aliphatic heterocycles. The summed E-state index contributed by atoms with van der Waals surface area (Å²) in [7, 11) is 1.85. The molecule has 0 unspecified atom stereocenters. The number of aromatic nitrogens is 5. The number of fused-ring (bicyclic) bond motifs is 1. The normalized spacial score (nSPS) is 15.8. The molecule has 4 aromatic rings. The van der Waals surface area contributed by atoms with Crippen molar-refractivity contribution in [3.05, 3.63) is 65.5 Å². The third kappa shape index (κ3) is 3.77. The highest BCUT2D eigenvalue weighted by Gasteiger charge is 2.50. The Morgan fingerprint density at radius 1 is 1.22 bits per heavy atom. The summed E-state index contributed by atoms with van der Waals surface area (Å²) in [6.07, 6.45) is 5.77. The van der Waals surface area contributed by atoms with Crippen LogP contribution >= 0.6 is 0 Å². The van der Waals surface area contributed by atoms with E-state index in [1.165, 1.54) is 6.20 Å². The zero-order valence-electron chi connectivity index (χ0n) is 19.7. The molecule has 36 heavy (non-hydrogen) atoms. The summed E-state index contributed by atoms with van der Waals surface area (Å²) in [6, 6.07) is 6.91. The first kappa shape index (κ1) is 21.9. The van der Waals surface area contributed by atoms with Crippen molar-refractivity contribution in [3.63, 3.8) is 0 Å². The molecule has 6 rings (SSSR count). The molecule has 0 radical (unpaired) electrons. The van der Waals surface area contributed by atoms with E-state index in [1.54, 1.807) is 46.3 Å². The molecule has 11 heteroatoms. The number of nitrogens with one attached hydrogen (secondary N) is 1. The summed E-state index contributed by atoms with van der Waals surface area (Å²) in [6.45, 7) is 11.0. The fourth-order valence-electron chi connectivity index (χ4n) is 4.38. The van der Waals surface area contributed by atoms with Gasteiger partial charge in [0.15, 0.2) is 17.6 Å². The molecule has 2 saturated heterocycles. The fraction of sp³-hybridized carbons (Fsp3) is 0.280. The first-order valence-corrected chi connectivity index (χ1v) is 11.4. The Kier molecular flexibility index (Phi) is 5.05. The highest BCUT2D eigenvalue weighted by atomic mass is 16.5. The maximum absolute atomic E-state index is 12.7. The predicted molar refractivity (Wildman–Crippen MR) is 131 cm³/mol. The predicted octanol–water partition coefficient (Wildman–Crippen LogP) is 3.77. The molecule has 0 atom stereocenters. The molecular formula is C25H22N8O3. The Labute approximate surface area is 206 Å². The zero-order chi connectivity index (χ0) is 24.9. The minimum absolute atomic E-state index is 0.0462. The molecule has 4 aromatic heterocycles. The number of likely N-dealkylation sites (tertiary alicyclic amines) is 1. The molecule has 1 amide bonds. The SMILES string of the molecule is [C-]#[N+]c1cc(C)c(Oc2cc(Nc3ccc(C(=O)N4CC5(CCO5)C4)cn3)c3ncn(C)c3n2)cn1. The molecule has 0 bridgehead atoms. The maximum Gasteiger partial charge on any atom is 0.269 e. The van der Waals surface area contributed by atoms with E-state index in [0.29, 0.717) is 58.8 Å². The van der Waals surface area contributed by atoms with Gasteiger partial charge in [0.2, 0.25) is 5.88 Å². The fourth-order valence-corrected chi connectivity index (χ4v) is 4.38. The monoisotopic (exact) mass is 482 g/mol. The highest BCUT2D eigenvalue weighted by molar-refractivity contribution is 5.95. The first-order chi connectivity index (χ1) is 17.4. The van der Waals surface area contributed by atoms with Crippen LogP contribution in [0.5, 0.6) is 11.6 Å². The highest BCUT2D eigenvalue weighted by Crippen LogP contribution is 2.37. The lowest BCUT2D eigenvalue weighted by molar-refractivity contribution is -0.209. The van der Waals surface area contributed by atoms with Crippen molar-refractivity contribution in [3.8, 4) is 11.6 Å². The zero-order valence-corrected chi connectivity index (χ0v) is 19.7. The molecule has 6 heterocycles. The number of nitrogens with zero attached hydrogens (tertiary/aromatic N) is 7. The molecule has 1 spiro atoms. The van der Waals surface area contributed by atoms with E-state index in [9.17, 15) is 4.79 Å². The Balaban J connectivity index is 1.23. The number of aryl methyl sites for hydroxylation is 2. The molecule has 1 N–H and O–H groups in total. The van der Waals surface area contributed by atoms with Gasteiger partial charge in [-0.3, -0.25) is 4.79 Å². The minimum atomic E-state index is -0.104. The van der Waals surface area contributed by atoms with Gasteiger partial charge in [0.25, 0.3) is 11.7 Å². The lowest BCUT2D eigenvalue weighted by atomic mass is 9.86. The van der Waals surface area contributed by atoms with Gasteiger partial charge in [0.1, 0.15) is 16.9 Å². The van der Waals surface area contributed by atoms with Crippen molar-refractivity contribution in [2.75, 3.05) is 25.0 Å². The van der Waals surface area contributed by atoms with Gasteiger partial charge in [-0.05, 0) is 30.7 Å². The van der Waals surface area contributed by atoms with Crippen LogP contribution in [0.3, 0.4) is 0 Å². The Hall–Kier alpha value is -4.56. The molecule has 0 aliphatic carbocycles. The van der Waals surface area contributed by atoms with E-state index >= 15 is 0 Å². The Bertz CT molecular complexity index is 1530. The van der Waals surface area contributed by atoms with Crippen LogP contribution in [0.1, 0.15) is 22.3 Å². The lowest BCUT2D eigenvalue weighted by Crippen LogP contribution is -2.69. The summed E-state index contributed by atoms with van der Waals surface area (Å²) in [5.74, 6) is 1.65. The van der Waals surface area contributed by atoms with Gasteiger partial charge in [0.05, 0.1) is 37.3 Å². The van der Waals surface area contributed by atoms with Crippen LogP contribution in [0, 0.1) is 13.5 Å². The number of amides is 1. The number of rotatable bonds is 5. The summed E-state index contributed by atoms with van der Waals surface area (Å²) >= 11 is 0. The molecule has 2 fully saturated rings. The van der Waals surface area contributed by atoms with Crippen LogP contribution in [0.15, 0.2) is 43.0 Å². The van der Waals surface area contributed by atoms with Crippen LogP contribution in [0.4, 0.5) is 17.3 Å². The van der Waals surface area contributed by atoms with Crippen LogP contribution < -0.4 is 10.1 Å². The minimum Gasteiger partial charge on any atom is -0.435 e. The number of hydrogen-bond acceptors (Lipinski definition) is 8. The third-order valence-electron chi connectivity index (χ3n) is 6.51. The molecular weight excluding hydrogens is 460 g/mol.